The maximum absolute atomic E-state index is 4.23. The number of hydrogen-bond donors (Lipinski definition) is 1. The zero-order valence-electron chi connectivity index (χ0n) is 11.5. The fourth-order valence-electron chi connectivity index (χ4n) is 1.98. The van der Waals surface area contributed by atoms with E-state index in [0.29, 0.717) is 0 Å². The summed E-state index contributed by atoms with van der Waals surface area (Å²) in [5.41, 5.74) is 4.38. The molecule has 1 aromatic carbocycles. The minimum absolute atomic E-state index is 0.763. The van der Waals surface area contributed by atoms with Crippen molar-refractivity contribution in [1.82, 2.24) is 24.8 Å². The van der Waals surface area contributed by atoms with Gasteiger partial charge in [0.15, 0.2) is 0 Å². The molecule has 3 aromatic rings. The molecule has 0 aliphatic heterocycles. The van der Waals surface area contributed by atoms with E-state index in [4.69, 9.17) is 0 Å². The first-order chi connectivity index (χ1) is 9.74. The first kappa shape index (κ1) is 12.4. The van der Waals surface area contributed by atoms with Crippen LogP contribution in [0.2, 0.25) is 0 Å². The summed E-state index contributed by atoms with van der Waals surface area (Å²) in [4.78, 5) is 1.59. The zero-order valence-corrected chi connectivity index (χ0v) is 11.5. The molecule has 6 nitrogen and oxygen atoms in total. The summed E-state index contributed by atoms with van der Waals surface area (Å²) >= 11 is 0. The minimum Gasteiger partial charge on any atom is -0.381 e. The van der Waals surface area contributed by atoms with E-state index in [0.717, 1.165) is 17.9 Å². The van der Waals surface area contributed by atoms with Gasteiger partial charge in [-0.05, 0) is 31.2 Å². The summed E-state index contributed by atoms with van der Waals surface area (Å²) in [6, 6.07) is 8.01. The van der Waals surface area contributed by atoms with Gasteiger partial charge in [0, 0.05) is 30.5 Å². The molecule has 0 saturated carbocycles. The molecule has 0 saturated heterocycles. The van der Waals surface area contributed by atoms with Crippen molar-refractivity contribution in [3.8, 4) is 5.69 Å². The third kappa shape index (κ3) is 2.40. The third-order valence-corrected chi connectivity index (χ3v) is 3.34. The van der Waals surface area contributed by atoms with E-state index in [2.05, 4.69) is 27.5 Å². The standard InChI is InChI=1S/C14H16N6/c1-11-12(10-18-19(11)2)9-15-13-3-5-14(6-4-13)20-16-7-8-17-20/h3-8,10,15H,9H2,1-2H3. The average Bonchev–Trinajstić information content (AvgIpc) is 3.10. The van der Waals surface area contributed by atoms with Gasteiger partial charge in [0.2, 0.25) is 0 Å². The Balaban J connectivity index is 1.68. The molecule has 3 rings (SSSR count). The summed E-state index contributed by atoms with van der Waals surface area (Å²) in [5, 5.41) is 15.8. The number of benzene rings is 1. The first-order valence-electron chi connectivity index (χ1n) is 6.42. The number of nitrogens with one attached hydrogen (secondary N) is 1. The second-order valence-corrected chi connectivity index (χ2v) is 4.60. The van der Waals surface area contributed by atoms with E-state index in [-0.39, 0.29) is 0 Å². The molecule has 0 amide bonds. The maximum atomic E-state index is 4.23. The molecule has 0 aliphatic rings. The van der Waals surface area contributed by atoms with E-state index in [1.165, 1.54) is 11.3 Å². The van der Waals surface area contributed by atoms with Crippen molar-refractivity contribution >= 4 is 5.69 Å². The van der Waals surface area contributed by atoms with Crippen LogP contribution in [0.1, 0.15) is 11.3 Å². The van der Waals surface area contributed by atoms with Gasteiger partial charge in [0.05, 0.1) is 24.3 Å². The van der Waals surface area contributed by atoms with Crippen molar-refractivity contribution < 1.29 is 0 Å². The molecule has 0 unspecified atom stereocenters. The van der Waals surface area contributed by atoms with Crippen molar-refractivity contribution in [3.63, 3.8) is 0 Å². The SMILES string of the molecule is Cc1c(CNc2ccc(-n3nccn3)cc2)cnn1C. The van der Waals surface area contributed by atoms with Gasteiger partial charge in [0.25, 0.3) is 0 Å². The number of nitrogens with zero attached hydrogens (tertiary/aromatic N) is 5. The van der Waals surface area contributed by atoms with Gasteiger partial charge in [0.1, 0.15) is 0 Å². The smallest absolute Gasteiger partial charge is 0.0858 e. The Bertz CT molecular complexity index is 681. The fraction of sp³-hybridized carbons (Fsp3) is 0.214. The Hall–Kier alpha value is -2.63. The number of hydrogen-bond acceptors (Lipinski definition) is 4. The molecule has 20 heavy (non-hydrogen) atoms. The molecule has 6 heteroatoms. The highest BCUT2D eigenvalue weighted by atomic mass is 15.5. The van der Waals surface area contributed by atoms with Crippen molar-refractivity contribution in [2.75, 3.05) is 5.32 Å². The second-order valence-electron chi connectivity index (χ2n) is 4.60. The lowest BCUT2D eigenvalue weighted by Gasteiger charge is -2.07. The molecule has 0 bridgehead atoms. The molecule has 102 valence electrons. The molecule has 2 aromatic heterocycles. The van der Waals surface area contributed by atoms with Crippen molar-refractivity contribution in [1.29, 1.82) is 0 Å². The largest absolute Gasteiger partial charge is 0.381 e. The van der Waals surface area contributed by atoms with Crippen LogP contribution in [-0.2, 0) is 13.6 Å². The van der Waals surface area contributed by atoms with Crippen molar-refractivity contribution in [2.45, 2.75) is 13.5 Å². The van der Waals surface area contributed by atoms with Crippen LogP contribution in [0.4, 0.5) is 5.69 Å². The highest BCUT2D eigenvalue weighted by Gasteiger charge is 2.03. The Morgan fingerprint density at radius 3 is 2.35 bits per heavy atom. The highest BCUT2D eigenvalue weighted by molar-refractivity contribution is 5.48. The quantitative estimate of drug-likeness (QED) is 0.785. The Labute approximate surface area is 117 Å². The van der Waals surface area contributed by atoms with Crippen molar-refractivity contribution in [3.05, 3.63) is 54.1 Å². The van der Waals surface area contributed by atoms with E-state index in [1.54, 1.807) is 17.2 Å². The lowest BCUT2D eigenvalue weighted by Crippen LogP contribution is -2.02. The zero-order chi connectivity index (χ0) is 13.9. The van der Waals surface area contributed by atoms with Crippen LogP contribution >= 0.6 is 0 Å². The molecular formula is C14H16N6. The minimum atomic E-state index is 0.763. The van der Waals surface area contributed by atoms with Gasteiger partial charge < -0.3 is 5.32 Å². The summed E-state index contributed by atoms with van der Waals surface area (Å²) in [6.45, 7) is 2.83. The number of aromatic nitrogens is 5. The predicted molar refractivity (Wildman–Crippen MR) is 76.6 cm³/mol. The van der Waals surface area contributed by atoms with Gasteiger partial charge in [-0.3, -0.25) is 4.68 Å². The number of aryl methyl sites for hydroxylation is 1. The second kappa shape index (κ2) is 5.16. The Kier molecular flexibility index (Phi) is 3.20. The molecule has 0 spiro atoms. The first-order valence-corrected chi connectivity index (χ1v) is 6.42. The Morgan fingerprint density at radius 1 is 1.05 bits per heavy atom. The predicted octanol–water partition coefficient (Wildman–Crippen LogP) is 1.92. The molecule has 1 N–H and O–H groups in total. The normalized spacial score (nSPS) is 10.7. The highest BCUT2D eigenvalue weighted by Crippen LogP contribution is 2.14. The van der Waals surface area contributed by atoms with Crippen LogP contribution in [0.5, 0.6) is 0 Å². The van der Waals surface area contributed by atoms with E-state index < -0.39 is 0 Å². The van der Waals surface area contributed by atoms with E-state index in [9.17, 15) is 0 Å². The van der Waals surface area contributed by atoms with Gasteiger partial charge in [-0.15, -0.1) is 0 Å². The lowest BCUT2D eigenvalue weighted by molar-refractivity contribution is 0.738. The van der Waals surface area contributed by atoms with Gasteiger partial charge in [-0.1, -0.05) is 0 Å². The molecule has 0 fully saturated rings. The average molecular weight is 268 g/mol. The maximum Gasteiger partial charge on any atom is 0.0858 e. The number of rotatable bonds is 4. The number of anilines is 1. The molecular weight excluding hydrogens is 252 g/mol. The van der Waals surface area contributed by atoms with E-state index >= 15 is 0 Å². The van der Waals surface area contributed by atoms with Crippen LogP contribution in [0.15, 0.2) is 42.9 Å². The Morgan fingerprint density at radius 2 is 1.75 bits per heavy atom. The summed E-state index contributed by atoms with van der Waals surface area (Å²) in [7, 11) is 1.95. The van der Waals surface area contributed by atoms with Gasteiger partial charge in [-0.25, -0.2) is 0 Å². The molecule has 0 atom stereocenters. The molecule has 0 aliphatic carbocycles. The summed E-state index contributed by atoms with van der Waals surface area (Å²) in [6.07, 6.45) is 5.22. The van der Waals surface area contributed by atoms with Crippen LogP contribution in [0.3, 0.4) is 0 Å². The van der Waals surface area contributed by atoms with Crippen LogP contribution in [-0.4, -0.2) is 24.8 Å². The molecule has 0 radical (unpaired) electrons. The molecule has 2 heterocycles. The topological polar surface area (TPSA) is 60.6 Å². The summed E-state index contributed by atoms with van der Waals surface area (Å²) in [5.74, 6) is 0. The van der Waals surface area contributed by atoms with Gasteiger partial charge >= 0.3 is 0 Å². The summed E-state index contributed by atoms with van der Waals surface area (Å²) < 4.78 is 1.88. The van der Waals surface area contributed by atoms with Crippen LogP contribution in [0, 0.1) is 6.92 Å². The van der Waals surface area contributed by atoms with E-state index in [1.807, 2.05) is 42.2 Å². The van der Waals surface area contributed by atoms with Crippen LogP contribution < -0.4 is 5.32 Å². The fourth-order valence-corrected chi connectivity index (χ4v) is 1.98. The van der Waals surface area contributed by atoms with Crippen LogP contribution in [0.25, 0.3) is 5.69 Å². The lowest BCUT2D eigenvalue weighted by atomic mass is 10.2. The third-order valence-electron chi connectivity index (χ3n) is 3.34. The van der Waals surface area contributed by atoms with Crippen molar-refractivity contribution in [2.24, 2.45) is 7.05 Å². The van der Waals surface area contributed by atoms with Gasteiger partial charge in [-0.2, -0.15) is 20.1 Å². The monoisotopic (exact) mass is 268 g/mol.